The minimum Gasteiger partial charge on any atom is -0.318 e. The van der Waals surface area contributed by atoms with Crippen LogP contribution < -0.4 is 11.1 Å². The fraction of sp³-hybridized carbons (Fsp3) is 0.375. The number of anilines is 1. The van der Waals surface area contributed by atoms with E-state index in [-0.39, 0.29) is 5.91 Å². The van der Waals surface area contributed by atoms with Crippen LogP contribution in [0.15, 0.2) is 24.3 Å². The van der Waals surface area contributed by atoms with E-state index >= 15 is 0 Å². The summed E-state index contributed by atoms with van der Waals surface area (Å²) in [7, 11) is 0. The van der Waals surface area contributed by atoms with Crippen LogP contribution in [-0.2, 0) is 11.2 Å². The van der Waals surface area contributed by atoms with Gasteiger partial charge in [-0.05, 0) is 33.3 Å². The van der Waals surface area contributed by atoms with Gasteiger partial charge in [-0.1, -0.05) is 29.8 Å². The number of amides is 1. The number of rotatable bonds is 4. The molecule has 1 aromatic heterocycles. The molecule has 21 heavy (non-hydrogen) atoms. The van der Waals surface area contributed by atoms with Gasteiger partial charge in [-0.25, -0.2) is 4.98 Å². The van der Waals surface area contributed by atoms with Gasteiger partial charge in [0.1, 0.15) is 0 Å². The van der Waals surface area contributed by atoms with Gasteiger partial charge >= 0.3 is 0 Å². The second kappa shape index (κ2) is 5.95. The van der Waals surface area contributed by atoms with Crippen molar-refractivity contribution < 1.29 is 4.79 Å². The van der Waals surface area contributed by atoms with Crippen LogP contribution in [0.25, 0.3) is 0 Å². The SMILES string of the molecule is Cc1ccc(Cc2sc(NC(=O)C(C)(C)N)nc2C)cc1. The zero-order chi connectivity index (χ0) is 15.6. The molecule has 1 aromatic carbocycles. The molecule has 0 saturated carbocycles. The molecule has 112 valence electrons. The molecule has 0 atom stereocenters. The first-order valence-corrected chi connectivity index (χ1v) is 7.69. The highest BCUT2D eigenvalue weighted by Crippen LogP contribution is 2.25. The van der Waals surface area contributed by atoms with E-state index in [1.165, 1.54) is 22.5 Å². The van der Waals surface area contributed by atoms with Gasteiger partial charge in [0.2, 0.25) is 5.91 Å². The number of benzene rings is 1. The van der Waals surface area contributed by atoms with E-state index < -0.39 is 5.54 Å². The number of hydrogen-bond donors (Lipinski definition) is 2. The van der Waals surface area contributed by atoms with Crippen molar-refractivity contribution in [2.45, 2.75) is 39.7 Å². The number of aromatic nitrogens is 1. The van der Waals surface area contributed by atoms with Crippen LogP contribution in [0.3, 0.4) is 0 Å². The molecule has 0 saturated heterocycles. The summed E-state index contributed by atoms with van der Waals surface area (Å²) in [5, 5.41) is 3.39. The number of carbonyl (C=O) groups is 1. The van der Waals surface area contributed by atoms with Crippen molar-refractivity contribution in [1.29, 1.82) is 0 Å². The number of nitrogens with two attached hydrogens (primary N) is 1. The highest BCUT2D eigenvalue weighted by atomic mass is 32.1. The summed E-state index contributed by atoms with van der Waals surface area (Å²) >= 11 is 1.50. The monoisotopic (exact) mass is 303 g/mol. The van der Waals surface area contributed by atoms with Crippen LogP contribution in [0.2, 0.25) is 0 Å². The molecule has 0 unspecified atom stereocenters. The molecule has 0 radical (unpaired) electrons. The van der Waals surface area contributed by atoms with Gasteiger partial charge in [-0.2, -0.15) is 0 Å². The second-order valence-corrected chi connectivity index (χ2v) is 6.95. The van der Waals surface area contributed by atoms with Gasteiger partial charge < -0.3 is 11.1 Å². The molecule has 3 N–H and O–H groups in total. The fourth-order valence-corrected chi connectivity index (χ4v) is 2.79. The lowest BCUT2D eigenvalue weighted by molar-refractivity contribution is -0.120. The summed E-state index contributed by atoms with van der Waals surface area (Å²) in [5.74, 6) is -0.224. The summed E-state index contributed by atoms with van der Waals surface area (Å²) in [6, 6.07) is 8.45. The van der Waals surface area contributed by atoms with Crippen molar-refractivity contribution in [3.63, 3.8) is 0 Å². The molecule has 2 rings (SSSR count). The number of thiazole rings is 1. The standard InChI is InChI=1S/C16H21N3OS/c1-10-5-7-12(8-6-10)9-13-11(2)18-15(21-13)19-14(20)16(3,4)17/h5-8H,9,17H2,1-4H3,(H,18,19,20). The van der Waals surface area contributed by atoms with Crippen LogP contribution in [0.5, 0.6) is 0 Å². The molecule has 0 aliphatic carbocycles. The minimum atomic E-state index is -0.906. The first-order valence-electron chi connectivity index (χ1n) is 6.88. The number of carbonyl (C=O) groups excluding carboxylic acids is 1. The van der Waals surface area contributed by atoms with E-state index in [0.29, 0.717) is 5.13 Å². The summed E-state index contributed by atoms with van der Waals surface area (Å²) in [6.45, 7) is 7.39. The van der Waals surface area contributed by atoms with Gasteiger partial charge in [-0.3, -0.25) is 4.79 Å². The molecule has 0 aliphatic rings. The van der Waals surface area contributed by atoms with Crippen LogP contribution >= 0.6 is 11.3 Å². The van der Waals surface area contributed by atoms with E-state index in [1.54, 1.807) is 13.8 Å². The van der Waals surface area contributed by atoms with Crippen LogP contribution in [-0.4, -0.2) is 16.4 Å². The second-order valence-electron chi connectivity index (χ2n) is 5.87. The first kappa shape index (κ1) is 15.7. The smallest absolute Gasteiger partial charge is 0.245 e. The van der Waals surface area contributed by atoms with Crippen molar-refractivity contribution in [3.8, 4) is 0 Å². The van der Waals surface area contributed by atoms with Crippen LogP contribution in [0.4, 0.5) is 5.13 Å². The predicted molar refractivity (Wildman–Crippen MR) is 87.7 cm³/mol. The van der Waals surface area contributed by atoms with E-state index in [9.17, 15) is 4.79 Å². The number of hydrogen-bond acceptors (Lipinski definition) is 4. The van der Waals surface area contributed by atoms with Gasteiger partial charge in [0.25, 0.3) is 0 Å². The summed E-state index contributed by atoms with van der Waals surface area (Å²) < 4.78 is 0. The Morgan fingerprint density at radius 2 is 1.90 bits per heavy atom. The van der Waals surface area contributed by atoms with Gasteiger partial charge in [0.05, 0.1) is 11.2 Å². The van der Waals surface area contributed by atoms with Gasteiger partial charge in [0.15, 0.2) is 5.13 Å². The Hall–Kier alpha value is -1.72. The van der Waals surface area contributed by atoms with Crippen LogP contribution in [0, 0.1) is 13.8 Å². The highest BCUT2D eigenvalue weighted by Gasteiger charge is 2.23. The maximum absolute atomic E-state index is 11.9. The molecule has 1 amide bonds. The molecule has 0 fully saturated rings. The molecule has 2 aromatic rings. The van der Waals surface area contributed by atoms with Gasteiger partial charge in [-0.15, -0.1) is 11.3 Å². The third-order valence-corrected chi connectivity index (χ3v) is 4.26. The molecule has 5 heteroatoms. The summed E-state index contributed by atoms with van der Waals surface area (Å²) in [6.07, 6.45) is 0.825. The Bertz CT molecular complexity index is 639. The van der Waals surface area contributed by atoms with Gasteiger partial charge in [0, 0.05) is 11.3 Å². The van der Waals surface area contributed by atoms with Crippen LogP contribution in [0.1, 0.15) is 35.5 Å². The molecule has 0 spiro atoms. The molecule has 0 bridgehead atoms. The van der Waals surface area contributed by atoms with Crippen molar-refractivity contribution in [1.82, 2.24) is 4.98 Å². The van der Waals surface area contributed by atoms with E-state index in [0.717, 1.165) is 17.0 Å². The Balaban J connectivity index is 2.12. The topological polar surface area (TPSA) is 68.0 Å². The van der Waals surface area contributed by atoms with Crippen molar-refractivity contribution in [2.75, 3.05) is 5.32 Å². The van der Waals surface area contributed by atoms with E-state index in [1.807, 2.05) is 6.92 Å². The average Bonchev–Trinajstić information content (AvgIpc) is 2.71. The largest absolute Gasteiger partial charge is 0.318 e. The molecular weight excluding hydrogens is 282 g/mol. The molecular formula is C16H21N3OS. The normalized spacial score (nSPS) is 11.5. The summed E-state index contributed by atoms with van der Waals surface area (Å²) in [4.78, 5) is 17.4. The number of aryl methyl sites for hydroxylation is 2. The summed E-state index contributed by atoms with van der Waals surface area (Å²) in [5.41, 5.74) is 8.31. The lowest BCUT2D eigenvalue weighted by Crippen LogP contribution is -2.45. The Kier molecular flexibility index (Phi) is 4.44. The van der Waals surface area contributed by atoms with E-state index in [4.69, 9.17) is 5.73 Å². The van der Waals surface area contributed by atoms with Crippen molar-refractivity contribution in [2.24, 2.45) is 5.73 Å². The Morgan fingerprint density at radius 1 is 1.29 bits per heavy atom. The Labute approximate surface area is 129 Å². The maximum Gasteiger partial charge on any atom is 0.245 e. The predicted octanol–water partition coefficient (Wildman–Crippen LogP) is 3.03. The zero-order valence-corrected chi connectivity index (χ0v) is 13.7. The number of nitrogens with one attached hydrogen (secondary N) is 1. The lowest BCUT2D eigenvalue weighted by Gasteiger charge is -2.16. The maximum atomic E-state index is 11.9. The Morgan fingerprint density at radius 3 is 2.48 bits per heavy atom. The average molecular weight is 303 g/mol. The number of nitrogens with zero attached hydrogens (tertiary/aromatic N) is 1. The third-order valence-electron chi connectivity index (χ3n) is 3.18. The molecule has 0 aliphatic heterocycles. The quantitative estimate of drug-likeness (QED) is 0.912. The lowest BCUT2D eigenvalue weighted by atomic mass is 10.1. The van der Waals surface area contributed by atoms with Crippen molar-refractivity contribution in [3.05, 3.63) is 46.0 Å². The molecule has 1 heterocycles. The minimum absolute atomic E-state index is 0.224. The highest BCUT2D eigenvalue weighted by molar-refractivity contribution is 7.15. The molecule has 4 nitrogen and oxygen atoms in total. The van der Waals surface area contributed by atoms with Crippen molar-refractivity contribution >= 4 is 22.4 Å². The fourth-order valence-electron chi connectivity index (χ4n) is 1.80. The zero-order valence-electron chi connectivity index (χ0n) is 12.9. The van der Waals surface area contributed by atoms with E-state index in [2.05, 4.69) is 41.5 Å². The third kappa shape index (κ3) is 4.12. The first-order chi connectivity index (χ1) is 9.75.